The van der Waals surface area contributed by atoms with Gasteiger partial charge in [-0.15, -0.1) is 0 Å². The number of rotatable bonds is 6. The lowest BCUT2D eigenvalue weighted by Crippen LogP contribution is -2.50. The number of fused-ring (bicyclic) bond motifs is 1. The fourth-order valence-corrected chi connectivity index (χ4v) is 7.31. The molecule has 32 heavy (non-hydrogen) atoms. The van der Waals surface area contributed by atoms with E-state index in [-0.39, 0.29) is 11.3 Å². The van der Waals surface area contributed by atoms with Gasteiger partial charge in [-0.1, -0.05) is 18.2 Å². The first-order valence-corrected chi connectivity index (χ1v) is 13.1. The fourth-order valence-electron chi connectivity index (χ4n) is 6.82. The lowest BCUT2D eigenvalue weighted by molar-refractivity contribution is -0.123. The number of amides is 2. The van der Waals surface area contributed by atoms with Crippen LogP contribution < -0.4 is 16.6 Å². The summed E-state index contributed by atoms with van der Waals surface area (Å²) < 4.78 is 0. The van der Waals surface area contributed by atoms with Gasteiger partial charge >= 0.3 is 0 Å². The highest BCUT2D eigenvalue weighted by Crippen LogP contribution is 2.61. The van der Waals surface area contributed by atoms with Gasteiger partial charge in [0.25, 0.3) is 11.8 Å². The van der Waals surface area contributed by atoms with Gasteiger partial charge in [-0.3, -0.25) is 20.4 Å². The van der Waals surface area contributed by atoms with E-state index >= 15 is 0 Å². The molecule has 170 valence electrons. The molecule has 0 saturated heterocycles. The Labute approximate surface area is 193 Å². The Balaban J connectivity index is 1.42. The molecule has 1 aromatic heterocycles. The number of aromatic nitrogens is 1. The molecule has 2 amide bonds. The van der Waals surface area contributed by atoms with E-state index in [2.05, 4.69) is 28.0 Å². The van der Waals surface area contributed by atoms with Crippen LogP contribution in [0.5, 0.6) is 0 Å². The SMILES string of the molecule is CSCC[C@@H](N)C(=O)NNC(=O)c1cc(C23CC4CC(CC(C4)C2)C3)c2ccccc2n1. The molecule has 1 atom stereocenters. The molecule has 4 saturated carbocycles. The highest BCUT2D eigenvalue weighted by atomic mass is 32.2. The summed E-state index contributed by atoms with van der Waals surface area (Å²) in [4.78, 5) is 29.8. The van der Waals surface area contributed by atoms with Crippen molar-refractivity contribution in [2.75, 3.05) is 12.0 Å². The van der Waals surface area contributed by atoms with E-state index in [0.717, 1.165) is 34.4 Å². The second-order valence-electron chi connectivity index (χ2n) is 10.1. The topological polar surface area (TPSA) is 97.1 Å². The second-order valence-corrected chi connectivity index (χ2v) is 11.1. The van der Waals surface area contributed by atoms with Gasteiger partial charge in [0.2, 0.25) is 0 Å². The van der Waals surface area contributed by atoms with Crippen LogP contribution in [0.2, 0.25) is 0 Å². The van der Waals surface area contributed by atoms with Crippen molar-refractivity contribution in [1.29, 1.82) is 0 Å². The van der Waals surface area contributed by atoms with Gasteiger partial charge in [0.1, 0.15) is 5.69 Å². The van der Waals surface area contributed by atoms with Crippen LogP contribution in [0.4, 0.5) is 0 Å². The lowest BCUT2D eigenvalue weighted by Gasteiger charge is -2.57. The molecule has 4 N–H and O–H groups in total. The number of nitrogens with one attached hydrogen (secondary N) is 2. The van der Waals surface area contributed by atoms with Crippen LogP contribution in [-0.4, -0.2) is 34.8 Å². The fraction of sp³-hybridized carbons (Fsp3) is 0.560. The van der Waals surface area contributed by atoms with Crippen molar-refractivity contribution in [3.8, 4) is 0 Å². The van der Waals surface area contributed by atoms with Crippen molar-refractivity contribution < 1.29 is 9.59 Å². The van der Waals surface area contributed by atoms with Crippen molar-refractivity contribution in [2.24, 2.45) is 23.5 Å². The minimum Gasteiger partial charge on any atom is -0.320 e. The number of hydrazine groups is 1. The minimum absolute atomic E-state index is 0.149. The first-order valence-electron chi connectivity index (χ1n) is 11.7. The predicted molar refractivity (Wildman–Crippen MR) is 128 cm³/mol. The molecule has 4 aliphatic carbocycles. The van der Waals surface area contributed by atoms with Crippen molar-refractivity contribution in [2.45, 2.75) is 56.4 Å². The van der Waals surface area contributed by atoms with Crippen LogP contribution in [0.3, 0.4) is 0 Å². The normalized spacial score (nSPS) is 29.1. The third kappa shape index (κ3) is 4.01. The molecule has 7 heteroatoms. The van der Waals surface area contributed by atoms with Gasteiger partial charge in [-0.05, 0) is 97.8 Å². The summed E-state index contributed by atoms with van der Waals surface area (Å²) >= 11 is 1.64. The highest BCUT2D eigenvalue weighted by molar-refractivity contribution is 7.98. The maximum atomic E-state index is 13.0. The van der Waals surface area contributed by atoms with E-state index in [9.17, 15) is 9.59 Å². The number of para-hydroxylation sites is 1. The number of hydrogen-bond acceptors (Lipinski definition) is 5. The first-order chi connectivity index (χ1) is 15.5. The van der Waals surface area contributed by atoms with Gasteiger partial charge in [0.05, 0.1) is 11.6 Å². The Hall–Kier alpha value is -2.12. The molecule has 6 nitrogen and oxygen atoms in total. The zero-order chi connectivity index (χ0) is 22.3. The largest absolute Gasteiger partial charge is 0.320 e. The zero-order valence-corrected chi connectivity index (χ0v) is 19.4. The molecular weight excluding hydrogens is 420 g/mol. The molecule has 0 unspecified atom stereocenters. The van der Waals surface area contributed by atoms with Gasteiger partial charge in [-0.25, -0.2) is 4.98 Å². The standard InChI is InChI=1S/C25H32N4O2S/c1-32-7-6-20(26)23(30)28-29-24(31)22-11-19(18-4-2-3-5-21(18)27-22)25-12-15-8-16(13-25)10-17(9-15)14-25/h2-5,11,15-17,20H,6-10,12-14,26H2,1H3,(H,28,30)(H,29,31)/t15?,16?,17?,20-,25?/m1/s1. The minimum atomic E-state index is -0.644. The van der Waals surface area contributed by atoms with E-state index in [0.29, 0.717) is 12.1 Å². The molecule has 1 aromatic carbocycles. The van der Waals surface area contributed by atoms with Gasteiger partial charge < -0.3 is 5.73 Å². The van der Waals surface area contributed by atoms with Crippen molar-refractivity contribution in [3.05, 3.63) is 41.6 Å². The Kier molecular flexibility index (Phi) is 5.88. The average Bonchev–Trinajstić information content (AvgIpc) is 2.79. The smallest absolute Gasteiger partial charge is 0.288 e. The summed E-state index contributed by atoms with van der Waals surface area (Å²) in [5.41, 5.74) is 13.5. The molecule has 4 fully saturated rings. The Morgan fingerprint density at radius 2 is 1.78 bits per heavy atom. The maximum Gasteiger partial charge on any atom is 0.288 e. The monoisotopic (exact) mass is 452 g/mol. The maximum absolute atomic E-state index is 13.0. The van der Waals surface area contributed by atoms with E-state index in [4.69, 9.17) is 5.73 Å². The van der Waals surface area contributed by atoms with Crippen molar-refractivity contribution in [1.82, 2.24) is 15.8 Å². The average molecular weight is 453 g/mol. The molecule has 0 radical (unpaired) electrons. The lowest BCUT2D eigenvalue weighted by atomic mass is 9.48. The van der Waals surface area contributed by atoms with Gasteiger partial charge in [-0.2, -0.15) is 11.8 Å². The molecule has 4 aliphatic rings. The predicted octanol–water partition coefficient (Wildman–Crippen LogP) is 3.54. The molecule has 4 bridgehead atoms. The number of nitrogens with two attached hydrogens (primary N) is 1. The van der Waals surface area contributed by atoms with E-state index < -0.39 is 11.9 Å². The van der Waals surface area contributed by atoms with Gasteiger partial charge in [0.15, 0.2) is 0 Å². The van der Waals surface area contributed by atoms with Crippen molar-refractivity contribution >= 4 is 34.5 Å². The van der Waals surface area contributed by atoms with E-state index in [1.165, 1.54) is 44.1 Å². The van der Waals surface area contributed by atoms with Crippen LogP contribution in [-0.2, 0) is 10.2 Å². The van der Waals surface area contributed by atoms with Crippen LogP contribution in [0.15, 0.2) is 30.3 Å². The highest BCUT2D eigenvalue weighted by Gasteiger charge is 2.52. The number of benzene rings is 1. The number of thioether (sulfide) groups is 1. The molecule has 1 heterocycles. The van der Waals surface area contributed by atoms with Crippen LogP contribution in [0.25, 0.3) is 10.9 Å². The zero-order valence-electron chi connectivity index (χ0n) is 18.6. The Bertz CT molecular complexity index is 1000. The summed E-state index contributed by atoms with van der Waals surface area (Å²) in [5.74, 6) is 2.46. The molecule has 0 aliphatic heterocycles. The third-order valence-electron chi connectivity index (χ3n) is 7.83. The quantitative estimate of drug-likeness (QED) is 0.583. The van der Waals surface area contributed by atoms with E-state index in [1.54, 1.807) is 11.8 Å². The van der Waals surface area contributed by atoms with Crippen molar-refractivity contribution in [3.63, 3.8) is 0 Å². The number of carbonyl (C=O) groups excluding carboxylic acids is 2. The Morgan fingerprint density at radius 3 is 2.44 bits per heavy atom. The summed E-state index contributed by atoms with van der Waals surface area (Å²) in [6.07, 6.45) is 10.3. The summed E-state index contributed by atoms with van der Waals surface area (Å²) in [6, 6.07) is 9.49. The van der Waals surface area contributed by atoms with Crippen LogP contribution in [0, 0.1) is 17.8 Å². The van der Waals surface area contributed by atoms with Crippen LogP contribution >= 0.6 is 11.8 Å². The molecule has 6 rings (SSSR count). The Morgan fingerprint density at radius 1 is 1.12 bits per heavy atom. The number of carbonyl (C=O) groups is 2. The third-order valence-corrected chi connectivity index (χ3v) is 8.47. The van der Waals surface area contributed by atoms with Crippen LogP contribution in [0.1, 0.15) is 61.0 Å². The molecule has 0 spiro atoms. The van der Waals surface area contributed by atoms with E-state index in [1.807, 2.05) is 24.5 Å². The first kappa shape index (κ1) is 21.7. The van der Waals surface area contributed by atoms with Gasteiger partial charge in [0, 0.05) is 5.39 Å². The number of hydrogen-bond donors (Lipinski definition) is 3. The molecular formula is C25H32N4O2S. The summed E-state index contributed by atoms with van der Waals surface area (Å²) in [6.45, 7) is 0. The number of pyridine rings is 1. The summed E-state index contributed by atoms with van der Waals surface area (Å²) in [7, 11) is 0. The summed E-state index contributed by atoms with van der Waals surface area (Å²) in [5, 5.41) is 1.16. The molecule has 2 aromatic rings. The second kappa shape index (κ2) is 8.67. The number of nitrogens with zero attached hydrogens (tertiary/aromatic N) is 1.